The van der Waals surface area contributed by atoms with Crippen LogP contribution in [0.2, 0.25) is 0 Å². The molecule has 0 heterocycles. The number of allylic oxidation sites excluding steroid dienone is 2. The van der Waals surface area contributed by atoms with Crippen molar-refractivity contribution < 1.29 is 0 Å². The second kappa shape index (κ2) is 7.95. The molecule has 0 atom stereocenters. The Morgan fingerprint density at radius 1 is 1.45 bits per heavy atom. The fraction of sp³-hybridized carbons (Fsp3) is 0.353. The lowest BCUT2D eigenvalue weighted by Crippen LogP contribution is -2.03. The van der Waals surface area contributed by atoms with Gasteiger partial charge in [0.2, 0.25) is 0 Å². The maximum Gasteiger partial charge on any atom is 0.0649 e. The SMILES string of the molecule is C=C(Nc1c(CC)ccc(/C(C=NC)=C/C)c1C)SC. The average Bonchev–Trinajstić information content (AvgIpc) is 2.47. The number of aryl methyl sites for hydroxylation is 1. The number of rotatable bonds is 6. The van der Waals surface area contributed by atoms with Crippen LogP contribution >= 0.6 is 11.8 Å². The van der Waals surface area contributed by atoms with Crippen LogP contribution in [0.3, 0.4) is 0 Å². The third-order valence-electron chi connectivity index (χ3n) is 3.33. The smallest absolute Gasteiger partial charge is 0.0649 e. The number of thioether (sulfide) groups is 1. The zero-order chi connectivity index (χ0) is 15.1. The lowest BCUT2D eigenvalue weighted by atomic mass is 9.95. The van der Waals surface area contributed by atoms with Crippen molar-refractivity contribution in [3.05, 3.63) is 46.5 Å². The molecule has 2 nitrogen and oxygen atoms in total. The van der Waals surface area contributed by atoms with Gasteiger partial charge in [-0.05, 0) is 48.8 Å². The van der Waals surface area contributed by atoms with E-state index in [9.17, 15) is 0 Å². The molecule has 0 aliphatic carbocycles. The van der Waals surface area contributed by atoms with Crippen molar-refractivity contribution in [2.45, 2.75) is 27.2 Å². The third-order valence-corrected chi connectivity index (χ3v) is 3.93. The number of hydrogen-bond donors (Lipinski definition) is 1. The van der Waals surface area contributed by atoms with Gasteiger partial charge in [-0.2, -0.15) is 0 Å². The molecule has 0 aliphatic rings. The number of nitrogens with one attached hydrogen (secondary N) is 1. The first kappa shape index (κ1) is 16.6. The molecular formula is C17H24N2S. The number of anilines is 1. The Hall–Kier alpha value is -1.48. The zero-order valence-electron chi connectivity index (χ0n) is 13.1. The van der Waals surface area contributed by atoms with Gasteiger partial charge in [0.1, 0.15) is 0 Å². The molecule has 0 bridgehead atoms. The summed E-state index contributed by atoms with van der Waals surface area (Å²) in [6.07, 6.45) is 7.02. The van der Waals surface area contributed by atoms with E-state index in [4.69, 9.17) is 0 Å². The third kappa shape index (κ3) is 3.76. The summed E-state index contributed by atoms with van der Waals surface area (Å²) >= 11 is 1.63. The summed E-state index contributed by atoms with van der Waals surface area (Å²) in [6, 6.07) is 4.36. The van der Waals surface area contributed by atoms with Gasteiger partial charge in [-0.25, -0.2) is 0 Å². The van der Waals surface area contributed by atoms with Gasteiger partial charge in [0.15, 0.2) is 0 Å². The van der Waals surface area contributed by atoms with Crippen LogP contribution in [-0.2, 0) is 6.42 Å². The summed E-state index contributed by atoms with van der Waals surface area (Å²) in [5.41, 5.74) is 6.09. The summed E-state index contributed by atoms with van der Waals surface area (Å²) in [4.78, 5) is 4.14. The molecular weight excluding hydrogens is 264 g/mol. The second-order valence-corrected chi connectivity index (χ2v) is 5.41. The average molecular weight is 288 g/mol. The van der Waals surface area contributed by atoms with E-state index in [1.54, 1.807) is 18.8 Å². The fourth-order valence-electron chi connectivity index (χ4n) is 2.18. The van der Waals surface area contributed by atoms with E-state index in [0.29, 0.717) is 0 Å². The van der Waals surface area contributed by atoms with Gasteiger partial charge in [0, 0.05) is 18.9 Å². The van der Waals surface area contributed by atoms with Crippen molar-refractivity contribution in [2.24, 2.45) is 4.99 Å². The van der Waals surface area contributed by atoms with Gasteiger partial charge in [-0.1, -0.05) is 31.7 Å². The molecule has 0 saturated carbocycles. The molecule has 0 amide bonds. The molecule has 0 aromatic heterocycles. The molecule has 1 aromatic rings. The minimum atomic E-state index is 0.964. The Morgan fingerprint density at radius 2 is 2.15 bits per heavy atom. The largest absolute Gasteiger partial charge is 0.350 e. The number of aliphatic imine (C=N–C) groups is 1. The first-order valence-corrected chi connectivity index (χ1v) is 8.02. The maximum absolute atomic E-state index is 4.14. The maximum atomic E-state index is 4.14. The standard InChI is InChI=1S/C17H24N2S/c1-7-14-9-10-16(15(8-2)11-18-5)12(3)17(14)19-13(4)20-6/h8-11,19H,4,7H2,1-3,5-6H3/b15-8+,18-11?. The van der Waals surface area contributed by atoms with Gasteiger partial charge in [-0.3, -0.25) is 4.99 Å². The van der Waals surface area contributed by atoms with E-state index in [0.717, 1.165) is 17.0 Å². The van der Waals surface area contributed by atoms with Crippen LogP contribution in [-0.4, -0.2) is 19.5 Å². The predicted octanol–water partition coefficient (Wildman–Crippen LogP) is 4.91. The molecule has 1 aromatic carbocycles. The topological polar surface area (TPSA) is 24.4 Å². The molecule has 0 aliphatic heterocycles. The van der Waals surface area contributed by atoms with E-state index in [2.05, 4.69) is 48.9 Å². The van der Waals surface area contributed by atoms with Crippen LogP contribution in [0.5, 0.6) is 0 Å². The van der Waals surface area contributed by atoms with Gasteiger partial charge in [0.05, 0.1) is 5.03 Å². The van der Waals surface area contributed by atoms with Crippen LogP contribution < -0.4 is 5.32 Å². The lowest BCUT2D eigenvalue weighted by Gasteiger charge is -2.18. The molecule has 0 spiro atoms. The first-order chi connectivity index (χ1) is 9.58. The van der Waals surface area contributed by atoms with E-state index >= 15 is 0 Å². The van der Waals surface area contributed by atoms with E-state index in [-0.39, 0.29) is 0 Å². The minimum Gasteiger partial charge on any atom is -0.350 e. The highest BCUT2D eigenvalue weighted by atomic mass is 32.2. The molecule has 3 heteroatoms. The van der Waals surface area contributed by atoms with Crippen LogP contribution in [0, 0.1) is 6.92 Å². The van der Waals surface area contributed by atoms with Crippen molar-refractivity contribution in [3.8, 4) is 0 Å². The lowest BCUT2D eigenvalue weighted by molar-refractivity contribution is 1.13. The van der Waals surface area contributed by atoms with E-state index < -0.39 is 0 Å². The molecule has 0 saturated heterocycles. The predicted molar refractivity (Wildman–Crippen MR) is 94.9 cm³/mol. The van der Waals surface area contributed by atoms with Gasteiger partial charge < -0.3 is 5.32 Å². The normalized spacial score (nSPS) is 11.9. The molecule has 108 valence electrons. The van der Waals surface area contributed by atoms with Crippen molar-refractivity contribution in [1.82, 2.24) is 0 Å². The molecule has 1 N–H and O–H groups in total. The first-order valence-electron chi connectivity index (χ1n) is 6.80. The Morgan fingerprint density at radius 3 is 2.65 bits per heavy atom. The van der Waals surface area contributed by atoms with Crippen molar-refractivity contribution >= 4 is 29.2 Å². The van der Waals surface area contributed by atoms with Gasteiger partial charge >= 0.3 is 0 Å². The van der Waals surface area contributed by atoms with E-state index in [1.165, 1.54) is 22.4 Å². The summed E-state index contributed by atoms with van der Waals surface area (Å²) in [5.74, 6) is 0. The van der Waals surface area contributed by atoms with Gasteiger partial charge in [0.25, 0.3) is 0 Å². The Labute approximate surface area is 127 Å². The van der Waals surface area contributed by atoms with Crippen molar-refractivity contribution in [2.75, 3.05) is 18.6 Å². The summed E-state index contributed by atoms with van der Waals surface area (Å²) in [5, 5.41) is 4.40. The molecule has 20 heavy (non-hydrogen) atoms. The Bertz CT molecular complexity index is 542. The van der Waals surface area contributed by atoms with Crippen LogP contribution in [0.1, 0.15) is 30.5 Å². The number of nitrogens with zero attached hydrogens (tertiary/aromatic N) is 1. The van der Waals surface area contributed by atoms with Crippen LogP contribution in [0.25, 0.3) is 5.57 Å². The minimum absolute atomic E-state index is 0.964. The summed E-state index contributed by atoms with van der Waals surface area (Å²) < 4.78 is 0. The summed E-state index contributed by atoms with van der Waals surface area (Å²) in [7, 11) is 1.80. The highest BCUT2D eigenvalue weighted by molar-refractivity contribution is 8.02. The second-order valence-electron chi connectivity index (χ2n) is 4.51. The molecule has 0 fully saturated rings. The molecule has 0 radical (unpaired) electrons. The number of benzene rings is 1. The Balaban J connectivity index is 3.37. The van der Waals surface area contributed by atoms with Gasteiger partial charge in [-0.15, -0.1) is 11.8 Å². The van der Waals surface area contributed by atoms with Crippen LogP contribution in [0.15, 0.2) is 34.8 Å². The molecule has 1 rings (SSSR count). The van der Waals surface area contributed by atoms with Crippen molar-refractivity contribution in [1.29, 1.82) is 0 Å². The highest BCUT2D eigenvalue weighted by Gasteiger charge is 2.11. The summed E-state index contributed by atoms with van der Waals surface area (Å²) in [6.45, 7) is 10.4. The van der Waals surface area contributed by atoms with Crippen molar-refractivity contribution in [3.63, 3.8) is 0 Å². The fourth-order valence-corrected chi connectivity index (χ4v) is 2.38. The van der Waals surface area contributed by atoms with E-state index in [1.807, 2.05) is 19.4 Å². The Kier molecular flexibility index (Phi) is 6.59. The quantitative estimate of drug-likeness (QED) is 0.752. The zero-order valence-corrected chi connectivity index (χ0v) is 13.9. The number of hydrogen-bond acceptors (Lipinski definition) is 3. The highest BCUT2D eigenvalue weighted by Crippen LogP contribution is 2.30. The van der Waals surface area contributed by atoms with Crippen LogP contribution in [0.4, 0.5) is 5.69 Å². The molecule has 0 unspecified atom stereocenters. The monoisotopic (exact) mass is 288 g/mol.